The van der Waals surface area contributed by atoms with Crippen molar-refractivity contribution < 1.29 is 14.3 Å². The first-order chi connectivity index (χ1) is 10.4. The molecule has 0 spiro atoms. The first-order valence-electron chi connectivity index (χ1n) is 6.77. The van der Waals surface area contributed by atoms with Crippen LogP contribution < -0.4 is 10.6 Å². The average Bonchev–Trinajstić information content (AvgIpc) is 2.89. The van der Waals surface area contributed by atoms with E-state index in [1.807, 2.05) is 6.92 Å². The van der Waals surface area contributed by atoms with Gasteiger partial charge < -0.3 is 15.7 Å². The molecular weight excluding hydrogens is 305 g/mol. The van der Waals surface area contributed by atoms with E-state index in [1.165, 1.54) is 35.6 Å². The largest absolute Gasteiger partial charge is 0.384 e. The van der Waals surface area contributed by atoms with E-state index in [-0.39, 0.29) is 18.4 Å². The molecule has 2 rings (SSSR count). The van der Waals surface area contributed by atoms with E-state index in [4.69, 9.17) is 0 Å². The van der Waals surface area contributed by atoms with E-state index in [0.29, 0.717) is 12.1 Å². The fraction of sp³-hybridized carbons (Fsp3) is 0.333. The molecule has 0 radical (unpaired) electrons. The molecule has 118 valence electrons. The molecule has 0 bridgehead atoms. The molecule has 22 heavy (non-hydrogen) atoms. The fourth-order valence-corrected chi connectivity index (χ4v) is 2.60. The van der Waals surface area contributed by atoms with Crippen molar-refractivity contribution in [3.8, 4) is 0 Å². The second-order valence-corrected chi connectivity index (χ2v) is 6.12. The summed E-state index contributed by atoms with van der Waals surface area (Å²) in [5, 5.41) is 15.7. The van der Waals surface area contributed by atoms with Crippen LogP contribution in [-0.4, -0.2) is 22.7 Å². The summed E-state index contributed by atoms with van der Waals surface area (Å²) in [7, 11) is 0. The number of carbonyl (C=O) groups excluding carboxylic acids is 1. The van der Waals surface area contributed by atoms with Gasteiger partial charge in [0.25, 0.3) is 0 Å². The van der Waals surface area contributed by atoms with Gasteiger partial charge in [-0.05, 0) is 31.5 Å². The topological polar surface area (TPSA) is 74.2 Å². The summed E-state index contributed by atoms with van der Waals surface area (Å²) in [6, 6.07) is 5.16. The first kappa shape index (κ1) is 16.4. The van der Waals surface area contributed by atoms with Gasteiger partial charge in [0.05, 0.1) is 24.3 Å². The molecule has 5 nitrogen and oxygen atoms in total. The molecule has 1 aromatic carbocycles. The highest BCUT2D eigenvalue weighted by Crippen LogP contribution is 2.19. The van der Waals surface area contributed by atoms with Crippen molar-refractivity contribution in [2.45, 2.75) is 26.0 Å². The number of hydrogen-bond acceptors (Lipinski definition) is 4. The van der Waals surface area contributed by atoms with Gasteiger partial charge in [-0.3, -0.25) is 0 Å². The molecule has 2 amide bonds. The van der Waals surface area contributed by atoms with Crippen LogP contribution in [0.1, 0.15) is 23.1 Å². The molecular formula is C15H18FN3O2S. The Morgan fingerprint density at radius 3 is 2.64 bits per heavy atom. The monoisotopic (exact) mass is 323 g/mol. The van der Waals surface area contributed by atoms with Gasteiger partial charge in [-0.25, -0.2) is 14.2 Å². The third-order valence-corrected chi connectivity index (χ3v) is 4.25. The number of nitrogens with zero attached hydrogens (tertiary/aromatic N) is 1. The minimum atomic E-state index is -1.27. The van der Waals surface area contributed by atoms with Gasteiger partial charge in [0.2, 0.25) is 0 Å². The summed E-state index contributed by atoms with van der Waals surface area (Å²) in [4.78, 5) is 16.9. The second kappa shape index (κ2) is 6.85. The SMILES string of the molecule is Cc1ncsc1CNC(=O)NCC(C)(O)c1ccc(F)cc1. The zero-order chi connectivity index (χ0) is 16.2. The van der Waals surface area contributed by atoms with E-state index in [9.17, 15) is 14.3 Å². The van der Waals surface area contributed by atoms with Gasteiger partial charge in [0.1, 0.15) is 11.4 Å². The van der Waals surface area contributed by atoms with Crippen LogP contribution in [0.3, 0.4) is 0 Å². The van der Waals surface area contributed by atoms with E-state index >= 15 is 0 Å². The number of benzene rings is 1. The minimum Gasteiger partial charge on any atom is -0.384 e. The van der Waals surface area contributed by atoms with Crippen molar-refractivity contribution in [2.75, 3.05) is 6.54 Å². The summed E-state index contributed by atoms with van der Waals surface area (Å²) in [6.07, 6.45) is 0. The van der Waals surface area contributed by atoms with Gasteiger partial charge in [0.15, 0.2) is 0 Å². The molecule has 1 unspecified atom stereocenters. The zero-order valence-corrected chi connectivity index (χ0v) is 13.2. The number of hydrogen-bond donors (Lipinski definition) is 3. The highest BCUT2D eigenvalue weighted by molar-refractivity contribution is 7.09. The maximum Gasteiger partial charge on any atom is 0.315 e. The minimum absolute atomic E-state index is 0.0200. The number of carbonyl (C=O) groups is 1. The molecule has 1 heterocycles. The lowest BCUT2D eigenvalue weighted by atomic mass is 9.96. The standard InChI is InChI=1S/C15H18FN3O2S/c1-10-13(22-9-19-10)7-17-14(20)18-8-15(2,21)11-3-5-12(16)6-4-11/h3-6,9,21H,7-8H2,1-2H3,(H2,17,18,20). The lowest BCUT2D eigenvalue weighted by Crippen LogP contribution is -2.43. The number of nitrogens with one attached hydrogen (secondary N) is 2. The third-order valence-electron chi connectivity index (χ3n) is 3.31. The number of aromatic nitrogens is 1. The molecule has 1 atom stereocenters. The van der Waals surface area contributed by atoms with Crippen molar-refractivity contribution >= 4 is 17.4 Å². The zero-order valence-electron chi connectivity index (χ0n) is 12.4. The molecule has 2 aromatic rings. The van der Waals surface area contributed by atoms with Crippen molar-refractivity contribution in [3.05, 3.63) is 51.7 Å². The van der Waals surface area contributed by atoms with Crippen LogP contribution in [0, 0.1) is 12.7 Å². The molecule has 0 aliphatic rings. The number of thiazole rings is 1. The van der Waals surface area contributed by atoms with E-state index in [2.05, 4.69) is 15.6 Å². The summed E-state index contributed by atoms with van der Waals surface area (Å²) >= 11 is 1.47. The van der Waals surface area contributed by atoms with Crippen molar-refractivity contribution in [1.29, 1.82) is 0 Å². The number of rotatable bonds is 5. The Kier molecular flexibility index (Phi) is 5.10. The molecule has 7 heteroatoms. The Hall–Kier alpha value is -1.99. The summed E-state index contributed by atoms with van der Waals surface area (Å²) < 4.78 is 12.9. The van der Waals surface area contributed by atoms with Crippen LogP contribution in [-0.2, 0) is 12.1 Å². The Morgan fingerprint density at radius 2 is 2.05 bits per heavy atom. The normalized spacial score (nSPS) is 13.5. The summed E-state index contributed by atoms with van der Waals surface area (Å²) in [5.74, 6) is -0.370. The Balaban J connectivity index is 1.84. The lowest BCUT2D eigenvalue weighted by Gasteiger charge is -2.24. The predicted molar refractivity (Wildman–Crippen MR) is 83.1 cm³/mol. The lowest BCUT2D eigenvalue weighted by molar-refractivity contribution is 0.0593. The van der Waals surface area contributed by atoms with Crippen LogP contribution in [0.15, 0.2) is 29.8 Å². The third kappa shape index (κ3) is 4.25. The van der Waals surface area contributed by atoms with Gasteiger partial charge >= 0.3 is 6.03 Å². The predicted octanol–water partition coefficient (Wildman–Crippen LogP) is 2.30. The number of aliphatic hydroxyl groups is 1. The Bertz CT molecular complexity index is 640. The average molecular weight is 323 g/mol. The molecule has 1 aromatic heterocycles. The van der Waals surface area contributed by atoms with Crippen LogP contribution in [0.25, 0.3) is 0 Å². The molecule has 0 fully saturated rings. The quantitative estimate of drug-likeness (QED) is 0.790. The molecule has 0 aliphatic carbocycles. The van der Waals surface area contributed by atoms with E-state index in [0.717, 1.165) is 10.6 Å². The molecule has 0 saturated carbocycles. The van der Waals surface area contributed by atoms with Gasteiger partial charge in [-0.2, -0.15) is 0 Å². The van der Waals surface area contributed by atoms with Crippen molar-refractivity contribution in [3.63, 3.8) is 0 Å². The van der Waals surface area contributed by atoms with Gasteiger partial charge in [-0.1, -0.05) is 12.1 Å². The maximum absolute atomic E-state index is 12.9. The van der Waals surface area contributed by atoms with Crippen LogP contribution >= 0.6 is 11.3 Å². The fourth-order valence-electron chi connectivity index (χ4n) is 1.88. The molecule has 0 saturated heterocycles. The number of urea groups is 1. The van der Waals surface area contributed by atoms with E-state index in [1.54, 1.807) is 12.4 Å². The Morgan fingerprint density at radius 1 is 1.36 bits per heavy atom. The smallest absolute Gasteiger partial charge is 0.315 e. The summed E-state index contributed by atoms with van der Waals surface area (Å²) in [6.45, 7) is 3.85. The molecule has 3 N–H and O–H groups in total. The van der Waals surface area contributed by atoms with Gasteiger partial charge in [0, 0.05) is 4.88 Å². The number of halogens is 1. The number of aryl methyl sites for hydroxylation is 1. The number of amides is 2. The van der Waals surface area contributed by atoms with Gasteiger partial charge in [-0.15, -0.1) is 11.3 Å². The van der Waals surface area contributed by atoms with Crippen LogP contribution in [0.5, 0.6) is 0 Å². The van der Waals surface area contributed by atoms with Crippen molar-refractivity contribution in [2.24, 2.45) is 0 Å². The molecule has 0 aliphatic heterocycles. The maximum atomic E-state index is 12.9. The first-order valence-corrected chi connectivity index (χ1v) is 7.65. The Labute approximate surface area is 132 Å². The highest BCUT2D eigenvalue weighted by atomic mass is 32.1. The van der Waals surface area contributed by atoms with E-state index < -0.39 is 5.60 Å². The summed E-state index contributed by atoms with van der Waals surface area (Å²) in [5.41, 5.74) is 1.88. The second-order valence-electron chi connectivity index (χ2n) is 5.18. The van der Waals surface area contributed by atoms with Crippen LogP contribution in [0.4, 0.5) is 9.18 Å². The van der Waals surface area contributed by atoms with Crippen LogP contribution in [0.2, 0.25) is 0 Å². The highest BCUT2D eigenvalue weighted by Gasteiger charge is 2.23. The van der Waals surface area contributed by atoms with Crippen molar-refractivity contribution in [1.82, 2.24) is 15.6 Å².